The molecule has 0 fully saturated rings. The van der Waals surface area contributed by atoms with Crippen molar-refractivity contribution >= 4 is 37.3 Å². The van der Waals surface area contributed by atoms with Crippen molar-refractivity contribution in [3.8, 4) is 0 Å². The third kappa shape index (κ3) is 3.99. The molecule has 23 heavy (non-hydrogen) atoms. The molecule has 10 heteroatoms. The molecule has 1 N–H and O–H groups in total. The van der Waals surface area contributed by atoms with E-state index in [0.717, 1.165) is 10.5 Å². The average molecular weight is 376 g/mol. The second kappa shape index (κ2) is 6.44. The molecule has 0 saturated carbocycles. The van der Waals surface area contributed by atoms with Crippen molar-refractivity contribution in [2.75, 3.05) is 18.8 Å². The molecule has 0 unspecified atom stereocenters. The van der Waals surface area contributed by atoms with E-state index in [1.54, 1.807) is 0 Å². The summed E-state index contributed by atoms with van der Waals surface area (Å²) in [5, 5.41) is 0.183. The molecule has 0 bridgehead atoms. The number of rotatable bonds is 5. The predicted octanol–water partition coefficient (Wildman–Crippen LogP) is 1.79. The lowest BCUT2D eigenvalue weighted by Crippen LogP contribution is -2.22. The fraction of sp³-hybridized carbons (Fsp3) is 0.154. The monoisotopic (exact) mass is 375 g/mol. The van der Waals surface area contributed by atoms with Crippen LogP contribution < -0.4 is 4.72 Å². The molecule has 0 aliphatic heterocycles. The number of anilines is 1. The second-order valence-electron chi connectivity index (χ2n) is 4.73. The molecule has 0 saturated heterocycles. The van der Waals surface area contributed by atoms with Crippen molar-refractivity contribution in [2.45, 2.75) is 9.79 Å². The van der Waals surface area contributed by atoms with Crippen molar-refractivity contribution in [3.05, 3.63) is 47.7 Å². The van der Waals surface area contributed by atoms with Crippen LogP contribution in [0.4, 0.5) is 5.69 Å². The van der Waals surface area contributed by atoms with Gasteiger partial charge >= 0.3 is 0 Å². The quantitative estimate of drug-likeness (QED) is 0.803. The lowest BCUT2D eigenvalue weighted by molar-refractivity contribution is 0.521. The Balaban J connectivity index is 2.26. The lowest BCUT2D eigenvalue weighted by Gasteiger charge is -2.12. The van der Waals surface area contributed by atoms with E-state index in [0.29, 0.717) is 0 Å². The van der Waals surface area contributed by atoms with Gasteiger partial charge in [0.05, 0.1) is 4.90 Å². The van der Waals surface area contributed by atoms with E-state index in [9.17, 15) is 16.8 Å². The fourth-order valence-corrected chi connectivity index (χ4v) is 3.66. The van der Waals surface area contributed by atoms with Gasteiger partial charge in [-0.15, -0.1) is 0 Å². The van der Waals surface area contributed by atoms with E-state index in [-0.39, 0.29) is 20.6 Å². The van der Waals surface area contributed by atoms with Gasteiger partial charge in [0, 0.05) is 26.0 Å². The maximum atomic E-state index is 12.2. The maximum absolute atomic E-state index is 12.2. The Morgan fingerprint density at radius 3 is 2.00 bits per heavy atom. The van der Waals surface area contributed by atoms with Gasteiger partial charge in [0.2, 0.25) is 10.0 Å². The zero-order valence-electron chi connectivity index (χ0n) is 12.3. The molecule has 0 radical (unpaired) electrons. The van der Waals surface area contributed by atoms with Crippen LogP contribution in [0.5, 0.6) is 0 Å². The second-order valence-corrected chi connectivity index (χ2v) is 8.96. The number of aromatic nitrogens is 1. The summed E-state index contributed by atoms with van der Waals surface area (Å²) in [6, 6.07) is 8.08. The highest BCUT2D eigenvalue weighted by Crippen LogP contribution is 2.20. The van der Waals surface area contributed by atoms with E-state index in [2.05, 4.69) is 9.71 Å². The number of hydrogen-bond acceptors (Lipinski definition) is 5. The van der Waals surface area contributed by atoms with Crippen LogP contribution in [0.25, 0.3) is 0 Å². The van der Waals surface area contributed by atoms with E-state index < -0.39 is 20.0 Å². The smallest absolute Gasteiger partial charge is 0.263 e. The van der Waals surface area contributed by atoms with Crippen molar-refractivity contribution in [1.29, 1.82) is 0 Å². The number of sulfonamides is 2. The van der Waals surface area contributed by atoms with Crippen LogP contribution in [0.2, 0.25) is 5.15 Å². The average Bonchev–Trinajstić information content (AvgIpc) is 2.47. The molecule has 0 atom stereocenters. The summed E-state index contributed by atoms with van der Waals surface area (Å²) in [6.45, 7) is 0. The fourth-order valence-electron chi connectivity index (χ4n) is 1.64. The summed E-state index contributed by atoms with van der Waals surface area (Å²) < 4.78 is 51.7. The standard InChI is InChI=1S/C13H14ClN3O4S2/c1-17(2)23(20,21)11-5-3-10(4-6-11)16-22(18,19)12-7-8-13(14)15-9-12/h3-9,16H,1-2H3. The molecule has 1 aromatic carbocycles. The zero-order valence-corrected chi connectivity index (χ0v) is 14.7. The Morgan fingerprint density at radius 2 is 1.52 bits per heavy atom. The van der Waals surface area contributed by atoms with Gasteiger partial charge in [0.15, 0.2) is 0 Å². The highest BCUT2D eigenvalue weighted by molar-refractivity contribution is 7.92. The van der Waals surface area contributed by atoms with Gasteiger partial charge in [-0.2, -0.15) is 0 Å². The minimum atomic E-state index is -3.83. The number of halogens is 1. The molecule has 7 nitrogen and oxygen atoms in total. The third-order valence-corrected chi connectivity index (χ3v) is 6.32. The molecule has 2 aromatic rings. The van der Waals surface area contributed by atoms with Crippen LogP contribution in [0.1, 0.15) is 0 Å². The highest BCUT2D eigenvalue weighted by atomic mass is 35.5. The van der Waals surface area contributed by atoms with Gasteiger partial charge in [-0.1, -0.05) is 11.6 Å². The van der Waals surface area contributed by atoms with Gasteiger partial charge < -0.3 is 0 Å². The molecule has 124 valence electrons. The zero-order chi connectivity index (χ0) is 17.3. The normalized spacial score (nSPS) is 12.3. The minimum absolute atomic E-state index is 0.0492. The predicted molar refractivity (Wildman–Crippen MR) is 87.4 cm³/mol. The van der Waals surface area contributed by atoms with Gasteiger partial charge in [0.1, 0.15) is 10.0 Å². The van der Waals surface area contributed by atoms with E-state index in [1.165, 1.54) is 50.5 Å². The summed E-state index contributed by atoms with van der Waals surface area (Å²) in [4.78, 5) is 3.73. The van der Waals surface area contributed by atoms with Crippen molar-refractivity contribution < 1.29 is 16.8 Å². The van der Waals surface area contributed by atoms with Crippen LogP contribution in [0, 0.1) is 0 Å². The van der Waals surface area contributed by atoms with E-state index >= 15 is 0 Å². The number of benzene rings is 1. The molecule has 1 heterocycles. The van der Waals surface area contributed by atoms with Crippen molar-refractivity contribution in [2.24, 2.45) is 0 Å². The lowest BCUT2D eigenvalue weighted by atomic mass is 10.3. The third-order valence-electron chi connectivity index (χ3n) is 2.90. The number of nitrogens with one attached hydrogen (secondary N) is 1. The van der Waals surface area contributed by atoms with Crippen LogP contribution in [-0.2, 0) is 20.0 Å². The first-order valence-corrected chi connectivity index (χ1v) is 9.60. The van der Waals surface area contributed by atoms with Crippen LogP contribution in [0.15, 0.2) is 52.4 Å². The van der Waals surface area contributed by atoms with Crippen LogP contribution in [-0.4, -0.2) is 40.2 Å². The molecule has 1 aromatic heterocycles. The Kier molecular flexibility index (Phi) is 4.95. The molecule has 0 aliphatic carbocycles. The van der Waals surface area contributed by atoms with Crippen LogP contribution in [0.3, 0.4) is 0 Å². The topological polar surface area (TPSA) is 96.4 Å². The molecular formula is C13H14ClN3O4S2. The number of pyridine rings is 1. The van der Waals surface area contributed by atoms with Crippen molar-refractivity contribution in [1.82, 2.24) is 9.29 Å². The van der Waals surface area contributed by atoms with Crippen molar-refractivity contribution in [3.63, 3.8) is 0 Å². The SMILES string of the molecule is CN(C)S(=O)(=O)c1ccc(NS(=O)(=O)c2ccc(Cl)nc2)cc1. The maximum Gasteiger partial charge on any atom is 0.263 e. The molecule has 2 rings (SSSR count). The Labute approximate surface area is 140 Å². The molecule has 0 spiro atoms. The molecule has 0 amide bonds. The minimum Gasteiger partial charge on any atom is -0.280 e. The molecule has 0 aliphatic rings. The first kappa shape index (κ1) is 17.7. The number of hydrogen-bond donors (Lipinski definition) is 1. The summed E-state index contributed by atoms with van der Waals surface area (Å²) in [5.74, 6) is 0. The largest absolute Gasteiger partial charge is 0.280 e. The van der Waals surface area contributed by atoms with Gasteiger partial charge in [-0.05, 0) is 36.4 Å². The summed E-state index contributed by atoms with van der Waals surface area (Å²) >= 11 is 5.62. The summed E-state index contributed by atoms with van der Waals surface area (Å²) in [6.07, 6.45) is 1.13. The van der Waals surface area contributed by atoms with E-state index in [1.807, 2.05) is 0 Å². The first-order valence-electron chi connectivity index (χ1n) is 6.30. The van der Waals surface area contributed by atoms with Gasteiger partial charge in [0.25, 0.3) is 10.0 Å². The summed E-state index contributed by atoms with van der Waals surface area (Å²) in [7, 11) is -4.56. The Hall–Kier alpha value is -1.68. The first-order chi connectivity index (χ1) is 10.6. The molecular weight excluding hydrogens is 362 g/mol. The highest BCUT2D eigenvalue weighted by Gasteiger charge is 2.18. The Bertz CT molecular complexity index is 893. The van der Waals surface area contributed by atoms with E-state index in [4.69, 9.17) is 11.6 Å². The summed E-state index contributed by atoms with van der Waals surface area (Å²) in [5.41, 5.74) is 0.234. The van der Waals surface area contributed by atoms with Gasteiger partial charge in [-0.25, -0.2) is 26.1 Å². The van der Waals surface area contributed by atoms with Gasteiger partial charge in [-0.3, -0.25) is 4.72 Å². The number of nitrogens with zero attached hydrogens (tertiary/aromatic N) is 2. The van der Waals surface area contributed by atoms with Crippen LogP contribution >= 0.6 is 11.6 Å². The Morgan fingerprint density at radius 1 is 0.957 bits per heavy atom.